The Hall–Kier alpha value is -1.92. The average molecular weight is 844 g/mol. The molecule has 0 fully saturated rings. The Labute approximate surface area is 373 Å². The van der Waals surface area contributed by atoms with Gasteiger partial charge in [0.15, 0.2) is 0 Å². The number of aliphatic hydroxyl groups excluding tert-OH is 2. The van der Waals surface area contributed by atoms with Crippen LogP contribution in [0.25, 0.3) is 0 Å². The first-order valence-electron chi connectivity index (χ1n) is 26.2. The SMILES string of the molecule is CC/C=C/C/C=C/CCCCCCCC(CC(=O)NC(CO)C(O)CCCCCCCCCCCCCCCCC)OC(=O)CCCCC/C=C\CCCCCCCCC. The number of ether oxygens (including phenoxy) is 1. The van der Waals surface area contributed by atoms with E-state index >= 15 is 0 Å². The molecule has 60 heavy (non-hydrogen) atoms. The maximum absolute atomic E-state index is 13.2. The van der Waals surface area contributed by atoms with Crippen LogP contribution in [-0.4, -0.2) is 46.9 Å². The van der Waals surface area contributed by atoms with Gasteiger partial charge in [-0.3, -0.25) is 9.59 Å². The van der Waals surface area contributed by atoms with Crippen molar-refractivity contribution in [2.24, 2.45) is 0 Å². The number of unbranched alkanes of at least 4 members (excludes halogenated alkanes) is 29. The number of amides is 1. The first-order chi connectivity index (χ1) is 29.5. The van der Waals surface area contributed by atoms with E-state index in [-0.39, 0.29) is 24.9 Å². The predicted octanol–water partition coefficient (Wildman–Crippen LogP) is 15.7. The lowest BCUT2D eigenvalue weighted by Gasteiger charge is -2.24. The molecule has 0 radical (unpaired) electrons. The number of esters is 1. The first-order valence-corrected chi connectivity index (χ1v) is 26.2. The zero-order valence-electron chi connectivity index (χ0n) is 40.1. The van der Waals surface area contributed by atoms with Crippen molar-refractivity contribution in [2.75, 3.05) is 6.61 Å². The number of aliphatic hydroxyl groups is 2. The van der Waals surface area contributed by atoms with Gasteiger partial charge in [-0.25, -0.2) is 0 Å². The second-order valence-corrected chi connectivity index (χ2v) is 17.9. The molecule has 3 N–H and O–H groups in total. The minimum Gasteiger partial charge on any atom is -0.462 e. The molecule has 6 heteroatoms. The molecular weight excluding hydrogens is 743 g/mol. The van der Waals surface area contributed by atoms with Gasteiger partial charge in [-0.15, -0.1) is 0 Å². The molecule has 0 rings (SSSR count). The molecule has 0 saturated heterocycles. The third kappa shape index (κ3) is 42.8. The summed E-state index contributed by atoms with van der Waals surface area (Å²) in [7, 11) is 0. The van der Waals surface area contributed by atoms with Crippen LogP contribution >= 0.6 is 0 Å². The number of hydrogen-bond acceptors (Lipinski definition) is 5. The summed E-state index contributed by atoms with van der Waals surface area (Å²) in [5.41, 5.74) is 0. The van der Waals surface area contributed by atoms with Crippen LogP contribution in [-0.2, 0) is 14.3 Å². The van der Waals surface area contributed by atoms with Crippen LogP contribution in [0.2, 0.25) is 0 Å². The van der Waals surface area contributed by atoms with Crippen molar-refractivity contribution in [1.82, 2.24) is 5.32 Å². The lowest BCUT2D eigenvalue weighted by Crippen LogP contribution is -2.46. The second kappa shape index (κ2) is 48.1. The zero-order valence-corrected chi connectivity index (χ0v) is 40.1. The van der Waals surface area contributed by atoms with Crippen molar-refractivity contribution in [3.63, 3.8) is 0 Å². The third-order valence-electron chi connectivity index (χ3n) is 12.0. The lowest BCUT2D eigenvalue weighted by atomic mass is 10.0. The summed E-state index contributed by atoms with van der Waals surface area (Å²) in [5, 5.41) is 23.8. The number of rotatable bonds is 47. The van der Waals surface area contributed by atoms with E-state index in [1.165, 1.54) is 141 Å². The standard InChI is InChI=1S/C54H101NO5/c1-4-7-10-13-16-19-22-25-27-28-31-34-37-40-43-46-52(57)51(49-56)55-53(58)48-50(45-42-39-36-33-30-24-21-18-15-12-9-6-3)60-54(59)47-44-41-38-35-32-29-26-23-20-17-14-11-8-5-2/h9,12,18,21,29,32,50-52,56-57H,4-8,10-11,13-17,19-20,22-28,30-31,33-49H2,1-3H3,(H,55,58)/b12-9+,21-18+,32-29-. The fourth-order valence-electron chi connectivity index (χ4n) is 7.99. The molecule has 0 aromatic rings. The molecule has 0 spiro atoms. The Bertz CT molecular complexity index is 993. The molecule has 0 saturated carbocycles. The van der Waals surface area contributed by atoms with E-state index in [2.05, 4.69) is 62.5 Å². The number of carbonyl (C=O) groups is 2. The molecule has 0 aromatic heterocycles. The second-order valence-electron chi connectivity index (χ2n) is 17.9. The quantitative estimate of drug-likeness (QED) is 0.0322. The van der Waals surface area contributed by atoms with E-state index in [1.54, 1.807) is 0 Å². The zero-order chi connectivity index (χ0) is 43.8. The molecule has 0 aromatic carbocycles. The Balaban J connectivity index is 4.54. The van der Waals surface area contributed by atoms with Gasteiger partial charge in [0.25, 0.3) is 0 Å². The maximum Gasteiger partial charge on any atom is 0.306 e. The molecule has 0 aliphatic carbocycles. The summed E-state index contributed by atoms with van der Waals surface area (Å²) in [4.78, 5) is 26.1. The van der Waals surface area contributed by atoms with Crippen molar-refractivity contribution >= 4 is 11.9 Å². The van der Waals surface area contributed by atoms with Crippen LogP contribution in [0.5, 0.6) is 0 Å². The highest BCUT2D eigenvalue weighted by Gasteiger charge is 2.24. The smallest absolute Gasteiger partial charge is 0.306 e. The normalized spacial score (nSPS) is 13.5. The molecule has 0 bridgehead atoms. The highest BCUT2D eigenvalue weighted by atomic mass is 16.5. The fraction of sp³-hybridized carbons (Fsp3) is 0.852. The summed E-state index contributed by atoms with van der Waals surface area (Å²) < 4.78 is 5.92. The monoisotopic (exact) mass is 844 g/mol. The molecular formula is C54H101NO5. The summed E-state index contributed by atoms with van der Waals surface area (Å²) in [6.07, 6.45) is 56.3. The summed E-state index contributed by atoms with van der Waals surface area (Å²) in [6.45, 7) is 6.38. The number of hydrogen-bond donors (Lipinski definition) is 3. The molecule has 0 aliphatic heterocycles. The van der Waals surface area contributed by atoms with Gasteiger partial charge in [-0.2, -0.15) is 0 Å². The Kier molecular flexibility index (Phi) is 46.6. The van der Waals surface area contributed by atoms with E-state index in [0.717, 1.165) is 83.5 Å². The van der Waals surface area contributed by atoms with Gasteiger partial charge in [0, 0.05) is 6.42 Å². The Morgan fingerprint density at radius 2 is 0.900 bits per heavy atom. The summed E-state index contributed by atoms with van der Waals surface area (Å²) >= 11 is 0. The van der Waals surface area contributed by atoms with Crippen LogP contribution in [0.3, 0.4) is 0 Å². The maximum atomic E-state index is 13.2. The van der Waals surface area contributed by atoms with Gasteiger partial charge in [0.1, 0.15) is 6.10 Å². The van der Waals surface area contributed by atoms with Crippen LogP contribution in [0.1, 0.15) is 271 Å². The van der Waals surface area contributed by atoms with Gasteiger partial charge in [0.2, 0.25) is 5.91 Å². The predicted molar refractivity (Wildman–Crippen MR) is 259 cm³/mol. The van der Waals surface area contributed by atoms with E-state index in [0.29, 0.717) is 19.3 Å². The van der Waals surface area contributed by atoms with Gasteiger partial charge in [-0.05, 0) is 77.0 Å². The summed E-state index contributed by atoms with van der Waals surface area (Å²) in [6, 6.07) is -0.707. The molecule has 0 heterocycles. The van der Waals surface area contributed by atoms with Crippen molar-refractivity contribution in [1.29, 1.82) is 0 Å². The molecule has 6 nitrogen and oxygen atoms in total. The molecule has 352 valence electrons. The average Bonchev–Trinajstić information content (AvgIpc) is 3.24. The minimum absolute atomic E-state index is 0.0642. The van der Waals surface area contributed by atoms with Crippen molar-refractivity contribution in [2.45, 2.75) is 289 Å². The van der Waals surface area contributed by atoms with E-state index < -0.39 is 18.2 Å². The van der Waals surface area contributed by atoms with E-state index in [4.69, 9.17) is 4.74 Å². The van der Waals surface area contributed by atoms with E-state index in [9.17, 15) is 19.8 Å². The Morgan fingerprint density at radius 1 is 0.500 bits per heavy atom. The number of carbonyl (C=O) groups excluding carboxylic acids is 2. The van der Waals surface area contributed by atoms with Crippen LogP contribution in [0.4, 0.5) is 0 Å². The van der Waals surface area contributed by atoms with Crippen LogP contribution in [0.15, 0.2) is 36.5 Å². The molecule has 3 atom stereocenters. The highest BCUT2D eigenvalue weighted by molar-refractivity contribution is 5.77. The van der Waals surface area contributed by atoms with Crippen molar-refractivity contribution in [3.8, 4) is 0 Å². The summed E-state index contributed by atoms with van der Waals surface area (Å²) in [5.74, 6) is -0.499. The van der Waals surface area contributed by atoms with Gasteiger partial charge in [-0.1, -0.05) is 218 Å². The molecule has 1 amide bonds. The Morgan fingerprint density at radius 3 is 1.37 bits per heavy atom. The third-order valence-corrected chi connectivity index (χ3v) is 12.0. The van der Waals surface area contributed by atoms with Gasteiger partial charge in [0.05, 0.1) is 25.2 Å². The van der Waals surface area contributed by atoms with Crippen molar-refractivity contribution in [3.05, 3.63) is 36.5 Å². The van der Waals surface area contributed by atoms with Crippen LogP contribution in [0, 0.1) is 0 Å². The number of nitrogens with one attached hydrogen (secondary N) is 1. The fourth-order valence-corrected chi connectivity index (χ4v) is 7.99. The van der Waals surface area contributed by atoms with Crippen molar-refractivity contribution < 1.29 is 24.5 Å². The van der Waals surface area contributed by atoms with Gasteiger partial charge < -0.3 is 20.3 Å². The minimum atomic E-state index is -0.792. The number of allylic oxidation sites excluding steroid dienone is 6. The topological polar surface area (TPSA) is 95.9 Å². The molecule has 3 unspecified atom stereocenters. The molecule has 0 aliphatic rings. The van der Waals surface area contributed by atoms with E-state index in [1.807, 2.05) is 0 Å². The first kappa shape index (κ1) is 58.1. The largest absolute Gasteiger partial charge is 0.462 e. The van der Waals surface area contributed by atoms with Crippen LogP contribution < -0.4 is 5.32 Å². The highest BCUT2D eigenvalue weighted by Crippen LogP contribution is 2.18. The van der Waals surface area contributed by atoms with Gasteiger partial charge >= 0.3 is 5.97 Å². The lowest BCUT2D eigenvalue weighted by molar-refractivity contribution is -0.151.